The lowest BCUT2D eigenvalue weighted by atomic mass is 9.85. The van der Waals surface area contributed by atoms with Crippen LogP contribution < -0.4 is 15.5 Å². The number of nitrogens with zero attached hydrogens (tertiary/aromatic N) is 3. The standard InChI is InChI=1S/C25H37N5O/c1-30(2)24-21-10-6-7-11-22(21)28-25(29-24)27-20-14-12-19(13-15-20)17-26-23(31)16-18-8-4-3-5-9-18/h6-7,10-11,18-20H,3-5,8-9,12-17H2,1-2H3,(H,26,31)(H,27,28,29). The van der Waals surface area contributed by atoms with Crippen LogP contribution in [-0.2, 0) is 4.79 Å². The highest BCUT2D eigenvalue weighted by atomic mass is 16.1. The molecule has 6 nitrogen and oxygen atoms in total. The minimum atomic E-state index is 0.257. The van der Waals surface area contributed by atoms with E-state index in [0.717, 1.165) is 55.4 Å². The van der Waals surface area contributed by atoms with E-state index in [9.17, 15) is 4.79 Å². The molecule has 2 aliphatic carbocycles. The molecule has 2 saturated carbocycles. The van der Waals surface area contributed by atoms with Crippen molar-refractivity contribution in [3.8, 4) is 0 Å². The quantitative estimate of drug-likeness (QED) is 0.672. The van der Waals surface area contributed by atoms with Gasteiger partial charge >= 0.3 is 0 Å². The maximum absolute atomic E-state index is 12.3. The Kier molecular flexibility index (Phi) is 7.25. The van der Waals surface area contributed by atoms with Crippen molar-refractivity contribution in [3.63, 3.8) is 0 Å². The lowest BCUT2D eigenvalue weighted by Crippen LogP contribution is -2.35. The Morgan fingerprint density at radius 1 is 0.968 bits per heavy atom. The summed E-state index contributed by atoms with van der Waals surface area (Å²) < 4.78 is 0. The van der Waals surface area contributed by atoms with Gasteiger partial charge in [-0.25, -0.2) is 4.98 Å². The van der Waals surface area contributed by atoms with E-state index in [1.807, 2.05) is 37.2 Å². The number of carbonyl (C=O) groups is 1. The van der Waals surface area contributed by atoms with Gasteiger partial charge in [-0.15, -0.1) is 0 Å². The monoisotopic (exact) mass is 423 g/mol. The third-order valence-electron chi connectivity index (χ3n) is 6.97. The molecule has 1 heterocycles. The maximum Gasteiger partial charge on any atom is 0.225 e. The molecule has 0 radical (unpaired) electrons. The number of nitrogens with one attached hydrogen (secondary N) is 2. The van der Waals surface area contributed by atoms with Gasteiger partial charge in [0.05, 0.1) is 5.52 Å². The zero-order valence-electron chi connectivity index (χ0n) is 19.1. The average Bonchev–Trinajstić information content (AvgIpc) is 2.78. The summed E-state index contributed by atoms with van der Waals surface area (Å²) in [5.74, 6) is 3.12. The van der Waals surface area contributed by atoms with Gasteiger partial charge in [-0.2, -0.15) is 4.98 Å². The SMILES string of the molecule is CN(C)c1nc(NC2CCC(CNC(=O)CC3CCCCC3)CC2)nc2ccccc12. The van der Waals surface area contributed by atoms with Crippen molar-refractivity contribution in [3.05, 3.63) is 24.3 Å². The van der Waals surface area contributed by atoms with Crippen LogP contribution in [0.25, 0.3) is 10.9 Å². The summed E-state index contributed by atoms with van der Waals surface area (Å²) in [6.07, 6.45) is 11.6. The van der Waals surface area contributed by atoms with Gasteiger partial charge in [0.25, 0.3) is 0 Å². The van der Waals surface area contributed by atoms with Gasteiger partial charge in [0.2, 0.25) is 11.9 Å². The third kappa shape index (κ3) is 5.86. The molecule has 0 unspecified atom stereocenters. The molecule has 0 saturated heterocycles. The number of amides is 1. The van der Waals surface area contributed by atoms with Crippen molar-refractivity contribution in [2.24, 2.45) is 11.8 Å². The highest BCUT2D eigenvalue weighted by Gasteiger charge is 2.23. The Morgan fingerprint density at radius 3 is 2.45 bits per heavy atom. The lowest BCUT2D eigenvalue weighted by Gasteiger charge is -2.30. The van der Waals surface area contributed by atoms with Crippen LogP contribution in [0.15, 0.2) is 24.3 Å². The number of rotatable bonds is 7. The number of carbonyl (C=O) groups excluding carboxylic acids is 1. The molecular weight excluding hydrogens is 386 g/mol. The Bertz CT molecular complexity index is 869. The zero-order valence-corrected chi connectivity index (χ0v) is 19.1. The predicted molar refractivity (Wildman–Crippen MR) is 127 cm³/mol. The molecule has 6 heteroatoms. The molecular formula is C25H37N5O. The number of hydrogen-bond acceptors (Lipinski definition) is 5. The van der Waals surface area contributed by atoms with E-state index in [4.69, 9.17) is 9.97 Å². The molecule has 0 atom stereocenters. The van der Waals surface area contributed by atoms with E-state index < -0.39 is 0 Å². The van der Waals surface area contributed by atoms with Crippen LogP contribution in [-0.4, -0.2) is 42.6 Å². The highest BCUT2D eigenvalue weighted by Crippen LogP contribution is 2.29. The van der Waals surface area contributed by atoms with Crippen LogP contribution >= 0.6 is 0 Å². The van der Waals surface area contributed by atoms with Gasteiger partial charge in [-0.05, 0) is 62.5 Å². The topological polar surface area (TPSA) is 70.2 Å². The molecule has 2 aromatic rings. The molecule has 31 heavy (non-hydrogen) atoms. The van der Waals surface area contributed by atoms with Crippen LogP contribution in [0, 0.1) is 11.8 Å². The van der Waals surface area contributed by atoms with E-state index in [1.165, 1.54) is 32.1 Å². The van der Waals surface area contributed by atoms with Crippen molar-refractivity contribution >= 4 is 28.6 Å². The van der Waals surface area contributed by atoms with E-state index in [-0.39, 0.29) is 5.91 Å². The van der Waals surface area contributed by atoms with Crippen molar-refractivity contribution in [1.82, 2.24) is 15.3 Å². The van der Waals surface area contributed by atoms with Crippen LogP contribution in [0.2, 0.25) is 0 Å². The number of para-hydroxylation sites is 1. The van der Waals surface area contributed by atoms with Crippen molar-refractivity contribution in [2.45, 2.75) is 70.3 Å². The molecule has 0 aliphatic heterocycles. The highest BCUT2D eigenvalue weighted by molar-refractivity contribution is 5.90. The Morgan fingerprint density at radius 2 is 1.71 bits per heavy atom. The maximum atomic E-state index is 12.3. The van der Waals surface area contributed by atoms with Gasteiger partial charge in [0.1, 0.15) is 5.82 Å². The predicted octanol–water partition coefficient (Wildman–Crippen LogP) is 4.75. The summed E-state index contributed by atoms with van der Waals surface area (Å²) in [5, 5.41) is 7.86. The molecule has 0 spiro atoms. The molecule has 2 fully saturated rings. The van der Waals surface area contributed by atoms with Gasteiger partial charge in [0, 0.05) is 38.5 Å². The van der Waals surface area contributed by atoms with Crippen molar-refractivity contribution in [2.75, 3.05) is 30.9 Å². The molecule has 1 amide bonds. The Labute approximate surface area is 186 Å². The lowest BCUT2D eigenvalue weighted by molar-refractivity contribution is -0.122. The van der Waals surface area contributed by atoms with Gasteiger partial charge < -0.3 is 15.5 Å². The molecule has 2 aliphatic rings. The number of fused-ring (bicyclic) bond motifs is 1. The van der Waals surface area contributed by atoms with Crippen LogP contribution in [0.5, 0.6) is 0 Å². The van der Waals surface area contributed by atoms with E-state index in [2.05, 4.69) is 16.7 Å². The summed E-state index contributed by atoms with van der Waals surface area (Å²) >= 11 is 0. The van der Waals surface area contributed by atoms with Crippen molar-refractivity contribution in [1.29, 1.82) is 0 Å². The van der Waals surface area contributed by atoms with Crippen LogP contribution in [0.4, 0.5) is 11.8 Å². The molecule has 4 rings (SSSR count). The number of aromatic nitrogens is 2. The van der Waals surface area contributed by atoms with E-state index >= 15 is 0 Å². The second kappa shape index (κ2) is 10.3. The van der Waals surface area contributed by atoms with Crippen LogP contribution in [0.3, 0.4) is 0 Å². The number of anilines is 2. The Hall–Kier alpha value is -2.37. The molecule has 2 N–H and O–H groups in total. The fourth-order valence-corrected chi connectivity index (χ4v) is 5.14. The van der Waals surface area contributed by atoms with Gasteiger partial charge in [0.15, 0.2) is 0 Å². The number of benzene rings is 1. The minimum absolute atomic E-state index is 0.257. The largest absolute Gasteiger partial charge is 0.362 e. The first-order chi connectivity index (χ1) is 15.1. The third-order valence-corrected chi connectivity index (χ3v) is 6.97. The molecule has 1 aromatic carbocycles. The fourth-order valence-electron chi connectivity index (χ4n) is 5.14. The van der Waals surface area contributed by atoms with Crippen molar-refractivity contribution < 1.29 is 4.79 Å². The zero-order chi connectivity index (χ0) is 21.6. The van der Waals surface area contributed by atoms with E-state index in [1.54, 1.807) is 0 Å². The minimum Gasteiger partial charge on any atom is -0.362 e. The first-order valence-corrected chi connectivity index (χ1v) is 12.1. The van der Waals surface area contributed by atoms with Crippen LogP contribution in [0.1, 0.15) is 64.2 Å². The second-order valence-corrected chi connectivity index (χ2v) is 9.66. The summed E-state index contributed by atoms with van der Waals surface area (Å²) in [7, 11) is 4.04. The van der Waals surface area contributed by atoms with Gasteiger partial charge in [-0.1, -0.05) is 31.4 Å². The smallest absolute Gasteiger partial charge is 0.225 e. The fraction of sp³-hybridized carbons (Fsp3) is 0.640. The average molecular weight is 424 g/mol. The first-order valence-electron chi connectivity index (χ1n) is 12.1. The number of hydrogen-bond donors (Lipinski definition) is 2. The van der Waals surface area contributed by atoms with Gasteiger partial charge in [-0.3, -0.25) is 4.79 Å². The molecule has 1 aromatic heterocycles. The summed E-state index contributed by atoms with van der Waals surface area (Å²) in [5.41, 5.74) is 0.970. The molecule has 0 bridgehead atoms. The normalized spacial score (nSPS) is 22.3. The molecule has 168 valence electrons. The summed E-state index contributed by atoms with van der Waals surface area (Å²) in [6, 6.07) is 8.56. The Balaban J connectivity index is 1.25. The van der Waals surface area contributed by atoms with E-state index in [0.29, 0.717) is 23.8 Å². The first kappa shape index (κ1) is 21.8. The summed E-state index contributed by atoms with van der Waals surface area (Å²) in [6.45, 7) is 0.829. The second-order valence-electron chi connectivity index (χ2n) is 9.66. The summed E-state index contributed by atoms with van der Waals surface area (Å²) in [4.78, 5) is 23.9.